The van der Waals surface area contributed by atoms with Crippen molar-refractivity contribution in [3.8, 4) is 0 Å². The number of cyclic esters (lactones) is 1. The van der Waals surface area contributed by atoms with Gasteiger partial charge in [-0.15, -0.1) is 0 Å². The van der Waals surface area contributed by atoms with Gasteiger partial charge in [-0.3, -0.25) is 19.2 Å². The average molecular weight is 900 g/mol. The van der Waals surface area contributed by atoms with E-state index in [1.165, 1.54) is 7.11 Å². The molecule has 2 saturated heterocycles. The molecule has 0 aromatic heterocycles. The molecule has 3 aliphatic heterocycles. The minimum absolute atomic E-state index is 0.00489. The summed E-state index contributed by atoms with van der Waals surface area (Å²) in [6.45, 7) is 12.5. The molecule has 2 bridgehead atoms. The molecule has 3 heterocycles. The van der Waals surface area contributed by atoms with Crippen LogP contribution in [0.2, 0.25) is 0 Å². The Labute approximate surface area is 380 Å². The number of Topliss-reactive ketones (excluding diaryl/α,β-unsaturated/α-hetero) is 3. The molecule has 14 nitrogen and oxygen atoms in total. The number of piperidine rings is 1. The Bertz CT molecular complexity index is 1740. The Hall–Kier alpha value is -3.37. The molecule has 14 heteroatoms. The molecule has 4 aliphatic rings. The minimum atomic E-state index is -2.48. The van der Waals surface area contributed by atoms with Crippen LogP contribution in [-0.2, 0) is 42.9 Å². The average Bonchev–Trinajstić information content (AvgIpc) is 3.26. The van der Waals surface area contributed by atoms with Crippen LogP contribution in [0, 0.1) is 35.5 Å². The Kier molecular flexibility index (Phi) is 20.3. The third-order valence-corrected chi connectivity index (χ3v) is 14.2. The Balaban J connectivity index is 1.69. The number of rotatable bonds is 5. The van der Waals surface area contributed by atoms with Crippen LogP contribution >= 0.6 is 0 Å². The van der Waals surface area contributed by atoms with Gasteiger partial charge in [-0.1, -0.05) is 71.1 Å². The number of hydrogen-bond donors (Lipinski definition) is 4. The Morgan fingerprint density at radius 1 is 0.859 bits per heavy atom. The molecule has 1 amide bonds. The van der Waals surface area contributed by atoms with E-state index in [-0.39, 0.29) is 61.2 Å². The lowest BCUT2D eigenvalue weighted by molar-refractivity contribution is -0.265. The summed E-state index contributed by atoms with van der Waals surface area (Å²) in [6, 6.07) is -1.16. The van der Waals surface area contributed by atoms with E-state index < -0.39 is 83.9 Å². The first-order valence-corrected chi connectivity index (χ1v) is 23.5. The number of methoxy groups -OCH3 is 2. The van der Waals surface area contributed by atoms with E-state index in [1.807, 2.05) is 32.1 Å². The van der Waals surface area contributed by atoms with Crippen LogP contribution in [-0.4, -0.2) is 130 Å². The van der Waals surface area contributed by atoms with Crippen molar-refractivity contribution in [2.45, 2.75) is 180 Å². The van der Waals surface area contributed by atoms with Crippen molar-refractivity contribution in [1.82, 2.24) is 4.90 Å². The van der Waals surface area contributed by atoms with E-state index in [0.29, 0.717) is 68.9 Å². The number of hydrogen-bond acceptors (Lipinski definition) is 13. The number of carbonyl (C=O) groups is 5. The first-order valence-electron chi connectivity index (χ1n) is 23.5. The van der Waals surface area contributed by atoms with Gasteiger partial charge in [0.15, 0.2) is 5.78 Å². The summed E-state index contributed by atoms with van der Waals surface area (Å²) in [7, 11) is 2.93. The predicted molar refractivity (Wildman–Crippen MR) is 240 cm³/mol. The fourth-order valence-corrected chi connectivity index (χ4v) is 9.85. The largest absolute Gasteiger partial charge is 0.460 e. The SMILES string of the molecule is CO[C@@H]1C[C@H](C[C@@H](C)[C@@H]2CC(=O)[C@H](C)/C=C(\C)[C@@H](O)[C@@H](OC)C(=O)[C@H](C)C[C@H](C)/C=C/C=C/C=C(\C)C(O)C[C@@H]3CC[C@@H](C)C(O)(O3)C(=O)C(=O)N3CCCC[C@H]3C(=O)O2)CC[C@H]1O. The van der Waals surface area contributed by atoms with Gasteiger partial charge >= 0.3 is 5.97 Å². The van der Waals surface area contributed by atoms with Gasteiger partial charge in [0.25, 0.3) is 11.7 Å². The first kappa shape index (κ1) is 53.2. The molecule has 2 unspecified atom stereocenters. The molecular weight excluding hydrogens is 823 g/mol. The van der Waals surface area contributed by atoms with Gasteiger partial charge in [0.1, 0.15) is 30.1 Å². The lowest BCUT2D eigenvalue weighted by atomic mass is 9.78. The molecule has 0 radical (unpaired) electrons. The summed E-state index contributed by atoms with van der Waals surface area (Å²) in [5.41, 5.74) is 1.000. The predicted octanol–water partition coefficient (Wildman–Crippen LogP) is 5.53. The zero-order valence-electron chi connectivity index (χ0n) is 39.6. The summed E-state index contributed by atoms with van der Waals surface area (Å²) in [6.07, 6.45) is 9.53. The molecule has 0 spiro atoms. The molecule has 360 valence electrons. The fraction of sp³-hybridized carbons (Fsp3) is 0.740. The number of nitrogens with zero attached hydrogens (tertiary/aromatic N) is 1. The zero-order valence-corrected chi connectivity index (χ0v) is 39.6. The number of ether oxygens (including phenoxy) is 4. The van der Waals surface area contributed by atoms with Gasteiger partial charge in [-0.25, -0.2) is 4.79 Å². The molecule has 4 rings (SSSR count). The lowest BCUT2D eigenvalue weighted by Crippen LogP contribution is -2.61. The maximum Gasteiger partial charge on any atom is 0.329 e. The van der Waals surface area contributed by atoms with Crippen molar-refractivity contribution in [3.63, 3.8) is 0 Å². The standard InChI is InChI=1S/C50H77NO13/c1-29-15-11-10-12-16-30(2)40(53)27-37-20-18-35(7)50(60,64-37)47(57)48(58)51-22-14-13-17-38(51)49(59)63-42(32(4)25-36-19-21-39(52)43(26-36)61-8)28-41(54)31(3)24-34(6)45(56)46(62-9)44(55)33(5)23-29/h10-12,15-16,24,29,31-33,35-40,42-43,45-46,52-53,56,60H,13-14,17-23,25-28H2,1-9H3/b12-10+,15-11+,30-16+,34-24+/t29-,31-,32-,33-,35-,36+,37+,38+,39-,40?,42+,43-,45-,46+,50?/m1/s1. The van der Waals surface area contributed by atoms with Gasteiger partial charge in [-0.05, 0) is 107 Å². The van der Waals surface area contributed by atoms with Crippen LogP contribution in [0.1, 0.15) is 126 Å². The maximum absolute atomic E-state index is 14.3. The Morgan fingerprint density at radius 2 is 1.58 bits per heavy atom. The number of aliphatic hydroxyl groups excluding tert-OH is 3. The normalized spacial score (nSPS) is 40.9. The number of aliphatic hydroxyl groups is 4. The van der Waals surface area contributed by atoms with Crippen LogP contribution in [0.4, 0.5) is 0 Å². The third-order valence-electron chi connectivity index (χ3n) is 14.2. The lowest BCUT2D eigenvalue weighted by Gasteiger charge is -2.42. The number of fused-ring (bicyclic) bond motifs is 3. The summed E-state index contributed by atoms with van der Waals surface area (Å²) in [5.74, 6) is -8.24. The number of allylic oxidation sites excluding steroid dienone is 6. The fourth-order valence-electron chi connectivity index (χ4n) is 9.85. The quantitative estimate of drug-likeness (QED) is 0.153. The Morgan fingerprint density at radius 3 is 2.27 bits per heavy atom. The van der Waals surface area contributed by atoms with Crippen molar-refractivity contribution < 1.29 is 63.3 Å². The topological polar surface area (TPSA) is 206 Å². The highest BCUT2D eigenvalue weighted by Crippen LogP contribution is 2.37. The summed E-state index contributed by atoms with van der Waals surface area (Å²) in [4.78, 5) is 71.4. The van der Waals surface area contributed by atoms with Crippen molar-refractivity contribution in [2.24, 2.45) is 35.5 Å². The second-order valence-electron chi connectivity index (χ2n) is 19.4. The van der Waals surface area contributed by atoms with Crippen LogP contribution in [0.3, 0.4) is 0 Å². The number of carbonyl (C=O) groups excluding carboxylic acids is 5. The van der Waals surface area contributed by atoms with Crippen molar-refractivity contribution >= 4 is 29.2 Å². The van der Waals surface area contributed by atoms with E-state index in [2.05, 4.69) is 0 Å². The number of esters is 1. The van der Waals surface area contributed by atoms with Crippen LogP contribution < -0.4 is 0 Å². The summed E-state index contributed by atoms with van der Waals surface area (Å²) >= 11 is 0. The summed E-state index contributed by atoms with van der Waals surface area (Å²) in [5, 5.41) is 44.8. The molecule has 15 atom stereocenters. The van der Waals surface area contributed by atoms with Crippen LogP contribution in [0.15, 0.2) is 47.6 Å². The minimum Gasteiger partial charge on any atom is -0.460 e. The van der Waals surface area contributed by atoms with Crippen LogP contribution in [0.5, 0.6) is 0 Å². The second-order valence-corrected chi connectivity index (χ2v) is 19.4. The van der Waals surface area contributed by atoms with Gasteiger partial charge in [0, 0.05) is 51.4 Å². The molecule has 0 aromatic rings. The monoisotopic (exact) mass is 900 g/mol. The number of ketones is 3. The van der Waals surface area contributed by atoms with E-state index >= 15 is 0 Å². The van der Waals surface area contributed by atoms with Gasteiger partial charge in [0.2, 0.25) is 5.79 Å². The second kappa shape index (κ2) is 24.4. The molecular formula is C50H77NO13. The highest BCUT2D eigenvalue weighted by molar-refractivity contribution is 6.39. The first-order chi connectivity index (χ1) is 30.2. The third kappa shape index (κ3) is 13.8. The molecule has 4 N–H and O–H groups in total. The van der Waals surface area contributed by atoms with E-state index in [4.69, 9.17) is 18.9 Å². The molecule has 0 aromatic carbocycles. The molecule has 1 saturated carbocycles. The van der Waals surface area contributed by atoms with Crippen molar-refractivity contribution in [2.75, 3.05) is 20.8 Å². The van der Waals surface area contributed by atoms with Crippen LogP contribution in [0.25, 0.3) is 0 Å². The highest BCUT2D eigenvalue weighted by atomic mass is 16.6. The van der Waals surface area contributed by atoms with Gasteiger partial charge in [0.05, 0.1) is 24.4 Å². The number of amides is 1. The zero-order chi connectivity index (χ0) is 47.5. The molecule has 1 aliphatic carbocycles. The van der Waals surface area contributed by atoms with E-state index in [9.17, 15) is 44.4 Å². The highest BCUT2D eigenvalue weighted by Gasteiger charge is 2.53. The van der Waals surface area contributed by atoms with Gasteiger partial charge < -0.3 is 44.3 Å². The summed E-state index contributed by atoms with van der Waals surface area (Å²) < 4.78 is 23.3. The van der Waals surface area contributed by atoms with Gasteiger partial charge in [-0.2, -0.15) is 0 Å². The van der Waals surface area contributed by atoms with Crippen molar-refractivity contribution in [3.05, 3.63) is 47.6 Å². The van der Waals surface area contributed by atoms with E-state index in [0.717, 1.165) is 4.90 Å². The van der Waals surface area contributed by atoms with Crippen molar-refractivity contribution in [1.29, 1.82) is 0 Å². The smallest absolute Gasteiger partial charge is 0.329 e. The molecule has 3 fully saturated rings. The van der Waals surface area contributed by atoms with E-state index in [1.54, 1.807) is 60.0 Å². The maximum atomic E-state index is 14.3. The molecule has 64 heavy (non-hydrogen) atoms.